The molecule has 0 aliphatic carbocycles. The van der Waals surface area contributed by atoms with Crippen LogP contribution in [0.1, 0.15) is 16.3 Å². The highest BCUT2D eigenvalue weighted by molar-refractivity contribution is 9.10. The lowest BCUT2D eigenvalue weighted by Gasteiger charge is -2.28. The number of nitrogens with zero attached hydrogens (tertiary/aromatic N) is 7. The molecule has 140 valence electrons. The van der Waals surface area contributed by atoms with E-state index in [4.69, 9.17) is 0 Å². The summed E-state index contributed by atoms with van der Waals surface area (Å²) in [7, 11) is 0. The Morgan fingerprint density at radius 3 is 2.82 bits per heavy atom. The normalized spacial score (nSPS) is 13.7. The van der Waals surface area contributed by atoms with Gasteiger partial charge in [-0.15, -0.1) is 0 Å². The molecular formula is C18H13BrFN7O. The first kappa shape index (κ1) is 17.0. The molecule has 4 aromatic heterocycles. The highest BCUT2D eigenvalue weighted by atomic mass is 79.9. The first-order valence-corrected chi connectivity index (χ1v) is 9.34. The summed E-state index contributed by atoms with van der Waals surface area (Å²) in [5.41, 5.74) is 2.60. The van der Waals surface area contributed by atoms with Crippen LogP contribution in [0.4, 0.5) is 4.39 Å². The molecule has 0 unspecified atom stereocenters. The molecule has 8 nitrogen and oxygen atoms in total. The molecule has 0 bridgehead atoms. The number of fused-ring (bicyclic) bond motifs is 2. The maximum Gasteiger partial charge on any atom is 0.274 e. The zero-order valence-electron chi connectivity index (χ0n) is 14.5. The number of aromatic nitrogens is 6. The lowest BCUT2D eigenvalue weighted by molar-refractivity contribution is 0.0701. The molecule has 4 aromatic rings. The predicted octanol–water partition coefficient (Wildman–Crippen LogP) is 2.55. The lowest BCUT2D eigenvalue weighted by Crippen LogP contribution is -2.38. The van der Waals surface area contributed by atoms with Gasteiger partial charge in [0.25, 0.3) is 5.91 Å². The number of halogens is 2. The molecule has 28 heavy (non-hydrogen) atoms. The molecule has 5 heterocycles. The topological polar surface area (TPSA) is 81.2 Å². The molecule has 0 atom stereocenters. The Hall–Kier alpha value is -3.14. The zero-order chi connectivity index (χ0) is 19.3. The SMILES string of the molecule is O=C(c1cc2ncc(Br)cn2n1)N1CCn2c(-c3ccc(F)nc3)cnc2C1. The molecule has 0 radical (unpaired) electrons. The van der Waals surface area contributed by atoms with Crippen LogP contribution < -0.4 is 0 Å². The predicted molar refractivity (Wildman–Crippen MR) is 101 cm³/mol. The van der Waals surface area contributed by atoms with Gasteiger partial charge in [-0.2, -0.15) is 9.49 Å². The molecule has 1 aliphatic heterocycles. The van der Waals surface area contributed by atoms with E-state index < -0.39 is 5.95 Å². The van der Waals surface area contributed by atoms with Gasteiger partial charge in [-0.3, -0.25) is 4.79 Å². The fraction of sp³-hybridized carbons (Fsp3) is 0.167. The van der Waals surface area contributed by atoms with Crippen molar-refractivity contribution in [3.63, 3.8) is 0 Å². The Kier molecular flexibility index (Phi) is 3.93. The van der Waals surface area contributed by atoms with E-state index in [9.17, 15) is 9.18 Å². The summed E-state index contributed by atoms with van der Waals surface area (Å²) in [6.07, 6.45) is 6.63. The van der Waals surface area contributed by atoms with Gasteiger partial charge in [0.2, 0.25) is 5.95 Å². The molecule has 0 fully saturated rings. The van der Waals surface area contributed by atoms with Crippen molar-refractivity contribution in [2.24, 2.45) is 0 Å². The first-order valence-electron chi connectivity index (χ1n) is 8.55. The van der Waals surface area contributed by atoms with Crippen LogP contribution >= 0.6 is 15.9 Å². The average Bonchev–Trinajstić information content (AvgIpc) is 3.31. The maximum atomic E-state index is 13.1. The molecule has 0 saturated carbocycles. The number of hydrogen-bond donors (Lipinski definition) is 0. The number of pyridine rings is 1. The highest BCUT2D eigenvalue weighted by Gasteiger charge is 2.26. The smallest absolute Gasteiger partial charge is 0.274 e. The summed E-state index contributed by atoms with van der Waals surface area (Å²) >= 11 is 3.34. The van der Waals surface area contributed by atoms with Crippen LogP contribution in [0.5, 0.6) is 0 Å². The molecule has 0 aromatic carbocycles. The van der Waals surface area contributed by atoms with Gasteiger partial charge in [0.1, 0.15) is 5.82 Å². The molecule has 0 N–H and O–H groups in total. The summed E-state index contributed by atoms with van der Waals surface area (Å²) in [4.78, 5) is 27.0. The summed E-state index contributed by atoms with van der Waals surface area (Å²) in [5.74, 6) is 0.0808. The van der Waals surface area contributed by atoms with Crippen LogP contribution in [0.25, 0.3) is 16.9 Å². The molecular weight excluding hydrogens is 429 g/mol. The number of rotatable bonds is 2. The van der Waals surface area contributed by atoms with Gasteiger partial charge in [0, 0.05) is 43.3 Å². The van der Waals surface area contributed by atoms with Crippen LogP contribution in [-0.4, -0.2) is 46.5 Å². The maximum absolute atomic E-state index is 13.1. The third-order valence-electron chi connectivity index (χ3n) is 4.68. The van der Waals surface area contributed by atoms with Gasteiger partial charge in [0.05, 0.1) is 22.9 Å². The van der Waals surface area contributed by atoms with Gasteiger partial charge in [-0.05, 0) is 28.1 Å². The minimum absolute atomic E-state index is 0.166. The first-order chi connectivity index (χ1) is 13.6. The second kappa shape index (κ2) is 6.48. The van der Waals surface area contributed by atoms with Crippen LogP contribution in [-0.2, 0) is 13.1 Å². The van der Waals surface area contributed by atoms with Crippen LogP contribution in [0.3, 0.4) is 0 Å². The third-order valence-corrected chi connectivity index (χ3v) is 5.08. The highest BCUT2D eigenvalue weighted by Crippen LogP contribution is 2.24. The van der Waals surface area contributed by atoms with Crippen LogP contribution in [0.2, 0.25) is 0 Å². The van der Waals surface area contributed by atoms with Crippen molar-refractivity contribution in [3.05, 3.63) is 64.9 Å². The molecule has 1 aliphatic rings. The molecule has 10 heteroatoms. The monoisotopic (exact) mass is 441 g/mol. The Labute approximate surface area is 166 Å². The van der Waals surface area contributed by atoms with E-state index in [0.29, 0.717) is 31.0 Å². The van der Waals surface area contributed by atoms with Gasteiger partial charge in [-0.25, -0.2) is 19.5 Å². The number of carbonyl (C=O) groups excluding carboxylic acids is 1. The Morgan fingerprint density at radius 2 is 2.00 bits per heavy atom. The second-order valence-corrected chi connectivity index (χ2v) is 7.33. The Morgan fingerprint density at radius 1 is 1.11 bits per heavy atom. The van der Waals surface area contributed by atoms with Crippen LogP contribution in [0, 0.1) is 5.95 Å². The quantitative estimate of drug-likeness (QED) is 0.446. The van der Waals surface area contributed by atoms with E-state index in [1.165, 1.54) is 12.3 Å². The van der Waals surface area contributed by atoms with E-state index >= 15 is 0 Å². The van der Waals surface area contributed by atoms with E-state index in [-0.39, 0.29) is 5.91 Å². The number of carbonyl (C=O) groups is 1. The Balaban J connectivity index is 1.41. The van der Waals surface area contributed by atoms with Crippen molar-refractivity contribution >= 4 is 27.5 Å². The average molecular weight is 442 g/mol. The lowest BCUT2D eigenvalue weighted by atomic mass is 10.2. The van der Waals surface area contributed by atoms with E-state index in [2.05, 4.69) is 36.0 Å². The molecule has 5 rings (SSSR count). The van der Waals surface area contributed by atoms with E-state index in [0.717, 1.165) is 21.6 Å². The van der Waals surface area contributed by atoms with Crippen molar-refractivity contribution < 1.29 is 9.18 Å². The van der Waals surface area contributed by atoms with Crippen molar-refractivity contribution in [1.29, 1.82) is 0 Å². The van der Waals surface area contributed by atoms with Crippen molar-refractivity contribution in [2.45, 2.75) is 13.1 Å². The minimum Gasteiger partial charge on any atom is -0.328 e. The van der Waals surface area contributed by atoms with E-state index in [1.54, 1.807) is 40.1 Å². The van der Waals surface area contributed by atoms with Gasteiger partial charge >= 0.3 is 0 Å². The summed E-state index contributed by atoms with van der Waals surface area (Å²) in [6, 6.07) is 4.67. The second-order valence-electron chi connectivity index (χ2n) is 6.41. The number of hydrogen-bond acceptors (Lipinski definition) is 5. The van der Waals surface area contributed by atoms with Crippen molar-refractivity contribution in [1.82, 2.24) is 34.0 Å². The summed E-state index contributed by atoms with van der Waals surface area (Å²) in [5, 5.41) is 4.33. The fourth-order valence-corrected chi connectivity index (χ4v) is 3.61. The minimum atomic E-state index is -0.520. The van der Waals surface area contributed by atoms with Gasteiger partial charge in [-0.1, -0.05) is 0 Å². The van der Waals surface area contributed by atoms with Crippen LogP contribution in [0.15, 0.2) is 47.5 Å². The van der Waals surface area contributed by atoms with Gasteiger partial charge in [0.15, 0.2) is 11.3 Å². The molecule has 0 saturated heterocycles. The molecule has 1 amide bonds. The third kappa shape index (κ3) is 2.85. The van der Waals surface area contributed by atoms with Gasteiger partial charge < -0.3 is 9.47 Å². The summed E-state index contributed by atoms with van der Waals surface area (Å²) < 4.78 is 17.5. The largest absolute Gasteiger partial charge is 0.328 e. The van der Waals surface area contributed by atoms with Crippen molar-refractivity contribution in [2.75, 3.05) is 6.54 Å². The summed E-state index contributed by atoms with van der Waals surface area (Å²) in [6.45, 7) is 1.48. The standard InChI is InChI=1S/C18H13BrFN7O/c19-12-7-22-16-5-13(24-27(16)9-12)18(28)25-3-4-26-14(8-23-17(26)10-25)11-1-2-15(20)21-6-11/h1-2,5-9H,3-4,10H2. The number of amides is 1. The number of imidazole rings is 1. The molecule has 0 spiro atoms. The van der Waals surface area contributed by atoms with E-state index in [1.807, 2.05) is 4.57 Å². The zero-order valence-corrected chi connectivity index (χ0v) is 16.0. The fourth-order valence-electron chi connectivity index (χ4n) is 3.31. The van der Waals surface area contributed by atoms with Crippen molar-refractivity contribution in [3.8, 4) is 11.3 Å². The Bertz CT molecular complexity index is 1200.